The Bertz CT molecular complexity index is 910. The first kappa shape index (κ1) is 15.3. The number of ether oxygens (including phenoxy) is 1. The molecule has 0 radical (unpaired) electrons. The minimum atomic E-state index is -0.119. The number of nitrogens with one attached hydrogen (secondary N) is 1. The number of amides is 1. The first-order valence-electron chi connectivity index (χ1n) is 8.25. The van der Waals surface area contributed by atoms with Crippen LogP contribution in [0.2, 0.25) is 0 Å². The molecule has 0 atom stereocenters. The summed E-state index contributed by atoms with van der Waals surface area (Å²) >= 11 is 0. The van der Waals surface area contributed by atoms with Crippen LogP contribution in [0.25, 0.3) is 0 Å². The Morgan fingerprint density at radius 3 is 2.84 bits per heavy atom. The van der Waals surface area contributed by atoms with E-state index in [1.807, 2.05) is 24.3 Å². The summed E-state index contributed by atoms with van der Waals surface area (Å²) in [5.41, 5.74) is 4.00. The van der Waals surface area contributed by atoms with Gasteiger partial charge in [-0.3, -0.25) is 9.78 Å². The second-order valence-corrected chi connectivity index (χ2v) is 5.96. The third-order valence-corrected chi connectivity index (χ3v) is 4.21. The summed E-state index contributed by atoms with van der Waals surface area (Å²) in [6.45, 7) is 0. The fourth-order valence-corrected chi connectivity index (χ4v) is 3.01. The van der Waals surface area contributed by atoms with E-state index in [1.165, 1.54) is 23.7 Å². The molecule has 3 aromatic rings. The van der Waals surface area contributed by atoms with Crippen LogP contribution in [-0.4, -0.2) is 15.9 Å². The number of nitrogens with zero attached hydrogens (tertiary/aromatic N) is 2. The molecule has 5 heteroatoms. The Kier molecular flexibility index (Phi) is 4.12. The van der Waals surface area contributed by atoms with E-state index in [0.29, 0.717) is 22.9 Å². The van der Waals surface area contributed by atoms with E-state index in [9.17, 15) is 4.79 Å². The van der Waals surface area contributed by atoms with E-state index in [1.54, 1.807) is 24.5 Å². The monoisotopic (exact) mass is 331 g/mol. The van der Waals surface area contributed by atoms with Crippen molar-refractivity contribution < 1.29 is 9.53 Å². The van der Waals surface area contributed by atoms with E-state index in [0.717, 1.165) is 12.8 Å². The highest BCUT2D eigenvalue weighted by molar-refractivity contribution is 6.04. The highest BCUT2D eigenvalue weighted by Gasteiger charge is 2.14. The third-order valence-electron chi connectivity index (χ3n) is 4.21. The number of hydrogen-bond acceptors (Lipinski definition) is 4. The van der Waals surface area contributed by atoms with Crippen molar-refractivity contribution in [1.29, 1.82) is 0 Å². The van der Waals surface area contributed by atoms with Crippen molar-refractivity contribution in [3.63, 3.8) is 0 Å². The van der Waals surface area contributed by atoms with E-state index < -0.39 is 0 Å². The van der Waals surface area contributed by atoms with Gasteiger partial charge in [0.2, 0.25) is 5.88 Å². The van der Waals surface area contributed by atoms with E-state index >= 15 is 0 Å². The van der Waals surface area contributed by atoms with Crippen LogP contribution in [0.3, 0.4) is 0 Å². The van der Waals surface area contributed by atoms with Crippen LogP contribution in [0.4, 0.5) is 5.69 Å². The van der Waals surface area contributed by atoms with Gasteiger partial charge in [-0.25, -0.2) is 4.98 Å². The maximum atomic E-state index is 12.5. The average molecular weight is 331 g/mol. The molecular weight excluding hydrogens is 314 g/mol. The van der Waals surface area contributed by atoms with Crippen molar-refractivity contribution in [1.82, 2.24) is 9.97 Å². The lowest BCUT2D eigenvalue weighted by molar-refractivity contribution is 0.102. The summed E-state index contributed by atoms with van der Waals surface area (Å²) in [5, 5.41) is 2.92. The van der Waals surface area contributed by atoms with E-state index in [2.05, 4.69) is 21.4 Å². The van der Waals surface area contributed by atoms with Gasteiger partial charge in [0, 0.05) is 29.7 Å². The largest absolute Gasteiger partial charge is 0.437 e. The molecule has 0 bridgehead atoms. The minimum Gasteiger partial charge on any atom is -0.437 e. The van der Waals surface area contributed by atoms with Gasteiger partial charge in [-0.05, 0) is 54.7 Å². The lowest BCUT2D eigenvalue weighted by Gasteiger charge is -2.09. The number of carbonyl (C=O) groups excluding carboxylic acids is 1. The average Bonchev–Trinajstić information content (AvgIpc) is 3.10. The number of anilines is 1. The molecule has 0 saturated heterocycles. The van der Waals surface area contributed by atoms with Crippen molar-refractivity contribution >= 4 is 11.6 Å². The van der Waals surface area contributed by atoms with Gasteiger partial charge in [0.1, 0.15) is 5.75 Å². The second-order valence-electron chi connectivity index (χ2n) is 5.96. The molecular formula is C20H17N3O2. The number of aromatic nitrogens is 2. The molecule has 124 valence electrons. The van der Waals surface area contributed by atoms with Crippen molar-refractivity contribution in [2.45, 2.75) is 19.3 Å². The Labute approximate surface area is 145 Å². The number of benzene rings is 2. The van der Waals surface area contributed by atoms with Crippen molar-refractivity contribution in [3.8, 4) is 11.6 Å². The third kappa shape index (κ3) is 3.50. The van der Waals surface area contributed by atoms with Crippen LogP contribution in [0.15, 0.2) is 61.1 Å². The van der Waals surface area contributed by atoms with Gasteiger partial charge in [0.15, 0.2) is 0 Å². The normalized spacial score (nSPS) is 12.5. The number of hydrogen-bond donors (Lipinski definition) is 1. The maximum absolute atomic E-state index is 12.5. The Morgan fingerprint density at radius 2 is 1.96 bits per heavy atom. The molecule has 4 rings (SSSR count). The maximum Gasteiger partial charge on any atom is 0.255 e. The van der Waals surface area contributed by atoms with Gasteiger partial charge in [0.05, 0.1) is 6.20 Å². The van der Waals surface area contributed by atoms with Crippen LogP contribution >= 0.6 is 0 Å². The molecule has 1 amide bonds. The van der Waals surface area contributed by atoms with Crippen LogP contribution in [0.5, 0.6) is 11.6 Å². The number of rotatable bonds is 4. The highest BCUT2D eigenvalue weighted by Crippen LogP contribution is 2.25. The molecule has 25 heavy (non-hydrogen) atoms. The summed E-state index contributed by atoms with van der Waals surface area (Å²) < 4.78 is 5.64. The number of fused-ring (bicyclic) bond motifs is 1. The molecule has 1 N–H and O–H groups in total. The van der Waals surface area contributed by atoms with Crippen LogP contribution in [-0.2, 0) is 12.8 Å². The minimum absolute atomic E-state index is 0.119. The zero-order valence-corrected chi connectivity index (χ0v) is 13.6. The summed E-state index contributed by atoms with van der Waals surface area (Å²) in [4.78, 5) is 20.5. The molecule has 5 nitrogen and oxygen atoms in total. The highest BCUT2D eigenvalue weighted by atomic mass is 16.5. The van der Waals surface area contributed by atoms with Crippen molar-refractivity contribution in [2.24, 2.45) is 0 Å². The Morgan fingerprint density at radius 1 is 1.04 bits per heavy atom. The lowest BCUT2D eigenvalue weighted by atomic mass is 10.1. The second kappa shape index (κ2) is 6.73. The summed E-state index contributed by atoms with van der Waals surface area (Å²) in [7, 11) is 0. The first-order valence-corrected chi connectivity index (χ1v) is 8.25. The quantitative estimate of drug-likeness (QED) is 0.784. The van der Waals surface area contributed by atoms with Crippen LogP contribution < -0.4 is 10.1 Å². The first-order chi connectivity index (χ1) is 12.3. The zero-order valence-electron chi connectivity index (χ0n) is 13.6. The molecule has 2 aromatic carbocycles. The fraction of sp³-hybridized carbons (Fsp3) is 0.150. The Hall–Kier alpha value is -3.21. The predicted molar refractivity (Wildman–Crippen MR) is 95.0 cm³/mol. The molecule has 1 aliphatic rings. The standard InChI is InChI=1S/C20H17N3O2/c24-20(16-8-7-14-3-1-4-15(14)11-16)23-17-5-2-6-18(12-17)25-19-13-21-9-10-22-19/h2,5-13H,1,3-4H2,(H,23,24). The molecule has 1 aliphatic carbocycles. The molecule has 0 aliphatic heterocycles. The van der Waals surface area contributed by atoms with Crippen LogP contribution in [0.1, 0.15) is 27.9 Å². The van der Waals surface area contributed by atoms with Gasteiger partial charge in [-0.15, -0.1) is 0 Å². The van der Waals surface area contributed by atoms with Gasteiger partial charge in [0.25, 0.3) is 5.91 Å². The van der Waals surface area contributed by atoms with Crippen molar-refractivity contribution in [3.05, 3.63) is 77.7 Å². The van der Waals surface area contributed by atoms with Gasteiger partial charge in [-0.2, -0.15) is 0 Å². The fourth-order valence-electron chi connectivity index (χ4n) is 3.01. The number of carbonyl (C=O) groups is 1. The zero-order chi connectivity index (χ0) is 17.1. The smallest absolute Gasteiger partial charge is 0.255 e. The molecule has 0 unspecified atom stereocenters. The van der Waals surface area contributed by atoms with Gasteiger partial charge < -0.3 is 10.1 Å². The summed E-state index contributed by atoms with van der Waals surface area (Å²) in [5.74, 6) is 0.878. The molecule has 0 spiro atoms. The van der Waals surface area contributed by atoms with Gasteiger partial charge in [-0.1, -0.05) is 12.1 Å². The molecule has 0 fully saturated rings. The predicted octanol–water partition coefficient (Wildman–Crippen LogP) is 4.01. The Balaban J connectivity index is 1.49. The molecule has 1 heterocycles. The SMILES string of the molecule is O=C(Nc1cccc(Oc2cnccn2)c1)c1ccc2c(c1)CCC2. The molecule has 1 aromatic heterocycles. The summed E-state index contributed by atoms with van der Waals surface area (Å²) in [6, 6.07) is 13.2. The summed E-state index contributed by atoms with van der Waals surface area (Å²) in [6.07, 6.45) is 8.02. The van der Waals surface area contributed by atoms with Crippen molar-refractivity contribution in [2.75, 3.05) is 5.32 Å². The van der Waals surface area contributed by atoms with E-state index in [4.69, 9.17) is 4.74 Å². The van der Waals surface area contributed by atoms with Crippen LogP contribution in [0, 0.1) is 0 Å². The number of aryl methyl sites for hydroxylation is 2. The lowest BCUT2D eigenvalue weighted by Crippen LogP contribution is -2.12. The van der Waals surface area contributed by atoms with E-state index in [-0.39, 0.29) is 5.91 Å². The molecule has 0 saturated carbocycles. The van der Waals surface area contributed by atoms with Gasteiger partial charge >= 0.3 is 0 Å². The topological polar surface area (TPSA) is 64.1 Å².